The summed E-state index contributed by atoms with van der Waals surface area (Å²) >= 11 is 3.71. The molecule has 1 aromatic carbocycles. The van der Waals surface area contributed by atoms with Crippen molar-refractivity contribution in [3.63, 3.8) is 0 Å². The second-order valence-electron chi connectivity index (χ2n) is 6.27. The molecule has 21 heavy (non-hydrogen) atoms. The Hall–Kier alpha value is -0.540. The fourth-order valence-corrected chi connectivity index (χ4v) is 4.34. The number of hydrogen-bond donors (Lipinski definition) is 1. The Balaban J connectivity index is 2.45. The number of rotatable bonds is 4. The van der Waals surface area contributed by atoms with Gasteiger partial charge in [-0.05, 0) is 56.8 Å². The molecule has 1 fully saturated rings. The van der Waals surface area contributed by atoms with E-state index < -0.39 is 0 Å². The van der Waals surface area contributed by atoms with Gasteiger partial charge in [0, 0.05) is 16.1 Å². The van der Waals surface area contributed by atoms with Crippen LogP contribution >= 0.6 is 15.9 Å². The predicted molar refractivity (Wildman–Crippen MR) is 93.2 cm³/mol. The van der Waals surface area contributed by atoms with E-state index in [1.165, 1.54) is 59.7 Å². The van der Waals surface area contributed by atoms with Gasteiger partial charge in [-0.25, -0.2) is 0 Å². The Kier molecular flexibility index (Phi) is 6.12. The molecule has 1 N–H and O–H groups in total. The lowest BCUT2D eigenvalue weighted by molar-refractivity contribution is 0.324. The van der Waals surface area contributed by atoms with Crippen molar-refractivity contribution in [3.8, 4) is 5.75 Å². The molecule has 1 unspecified atom stereocenters. The summed E-state index contributed by atoms with van der Waals surface area (Å²) in [4.78, 5) is 0. The molecule has 118 valence electrons. The van der Waals surface area contributed by atoms with E-state index in [2.05, 4.69) is 48.2 Å². The maximum absolute atomic E-state index is 5.76. The Morgan fingerprint density at radius 2 is 1.81 bits per heavy atom. The van der Waals surface area contributed by atoms with E-state index in [0.29, 0.717) is 12.0 Å². The smallest absolute Gasteiger partial charge is 0.126 e. The molecule has 0 heterocycles. The van der Waals surface area contributed by atoms with Crippen molar-refractivity contribution >= 4 is 15.9 Å². The molecule has 0 aliphatic heterocycles. The molecule has 1 aliphatic carbocycles. The molecule has 2 nitrogen and oxygen atoms in total. The van der Waals surface area contributed by atoms with Crippen LogP contribution in [0.2, 0.25) is 0 Å². The SMILES string of the molecule is CNC(c1c(C)c(Br)cc(C)c1OC)C1CCCCCC1. The third kappa shape index (κ3) is 3.62. The van der Waals surface area contributed by atoms with Gasteiger partial charge in [0.1, 0.15) is 5.75 Å². The second kappa shape index (κ2) is 7.64. The van der Waals surface area contributed by atoms with Gasteiger partial charge >= 0.3 is 0 Å². The van der Waals surface area contributed by atoms with Crippen molar-refractivity contribution in [3.05, 3.63) is 27.2 Å². The molecular weight excluding hydrogens is 326 g/mol. The quantitative estimate of drug-likeness (QED) is 0.741. The van der Waals surface area contributed by atoms with E-state index >= 15 is 0 Å². The molecule has 1 atom stereocenters. The zero-order chi connectivity index (χ0) is 15.4. The highest BCUT2D eigenvalue weighted by Crippen LogP contribution is 2.42. The minimum absolute atomic E-state index is 0.384. The van der Waals surface area contributed by atoms with Crippen LogP contribution in [-0.2, 0) is 0 Å². The number of nitrogens with one attached hydrogen (secondary N) is 1. The summed E-state index contributed by atoms with van der Waals surface area (Å²) in [5, 5.41) is 3.58. The van der Waals surface area contributed by atoms with Crippen LogP contribution in [-0.4, -0.2) is 14.2 Å². The molecule has 0 saturated heterocycles. The maximum Gasteiger partial charge on any atom is 0.126 e. The fraction of sp³-hybridized carbons (Fsp3) is 0.667. The van der Waals surface area contributed by atoms with Gasteiger partial charge in [-0.1, -0.05) is 41.6 Å². The van der Waals surface area contributed by atoms with Crippen LogP contribution in [0.15, 0.2) is 10.5 Å². The first-order chi connectivity index (χ1) is 10.1. The zero-order valence-electron chi connectivity index (χ0n) is 13.8. The van der Waals surface area contributed by atoms with E-state index in [0.717, 1.165) is 5.75 Å². The molecule has 0 spiro atoms. The largest absolute Gasteiger partial charge is 0.496 e. The first-order valence-electron chi connectivity index (χ1n) is 8.11. The Morgan fingerprint density at radius 3 is 2.33 bits per heavy atom. The molecule has 0 aromatic heterocycles. The standard InChI is InChI=1S/C18H28BrNO/c1-12-11-15(19)13(2)16(18(12)21-4)17(20-3)14-9-7-5-6-8-10-14/h11,14,17,20H,5-10H2,1-4H3. The highest BCUT2D eigenvalue weighted by molar-refractivity contribution is 9.10. The Bertz CT molecular complexity index is 479. The molecule has 3 heteroatoms. The van der Waals surface area contributed by atoms with E-state index in [1.807, 2.05) is 0 Å². The van der Waals surface area contributed by atoms with Crippen LogP contribution in [0.3, 0.4) is 0 Å². The normalized spacial score (nSPS) is 18.3. The van der Waals surface area contributed by atoms with Gasteiger partial charge in [-0.2, -0.15) is 0 Å². The Morgan fingerprint density at radius 1 is 1.19 bits per heavy atom. The third-order valence-corrected chi connectivity index (χ3v) is 5.73. The summed E-state index contributed by atoms with van der Waals surface area (Å²) in [6.07, 6.45) is 8.13. The summed E-state index contributed by atoms with van der Waals surface area (Å²) in [5.41, 5.74) is 3.86. The van der Waals surface area contributed by atoms with E-state index in [9.17, 15) is 0 Å². The van der Waals surface area contributed by atoms with E-state index in [-0.39, 0.29) is 0 Å². The molecule has 1 aromatic rings. The minimum Gasteiger partial charge on any atom is -0.496 e. The molecule has 0 amide bonds. The Labute approximate surface area is 137 Å². The van der Waals surface area contributed by atoms with Crippen molar-refractivity contribution in [2.24, 2.45) is 5.92 Å². The van der Waals surface area contributed by atoms with Gasteiger partial charge in [0.05, 0.1) is 7.11 Å². The number of ether oxygens (including phenoxy) is 1. The zero-order valence-corrected chi connectivity index (χ0v) is 15.3. The van der Waals surface area contributed by atoms with Crippen LogP contribution < -0.4 is 10.1 Å². The number of aryl methyl sites for hydroxylation is 1. The van der Waals surface area contributed by atoms with Crippen LogP contribution in [0, 0.1) is 19.8 Å². The number of halogens is 1. The van der Waals surface area contributed by atoms with Crippen molar-refractivity contribution in [1.29, 1.82) is 0 Å². The lowest BCUT2D eigenvalue weighted by atomic mass is 9.84. The number of methoxy groups -OCH3 is 1. The first kappa shape index (κ1) is 16.8. The van der Waals surface area contributed by atoms with Gasteiger partial charge in [0.25, 0.3) is 0 Å². The van der Waals surface area contributed by atoms with E-state index in [1.54, 1.807) is 7.11 Å². The van der Waals surface area contributed by atoms with Crippen molar-refractivity contribution < 1.29 is 4.74 Å². The maximum atomic E-state index is 5.76. The molecule has 2 rings (SSSR count). The predicted octanol–water partition coefficient (Wildman–Crippen LogP) is 5.31. The summed E-state index contributed by atoms with van der Waals surface area (Å²) in [7, 11) is 3.88. The third-order valence-electron chi connectivity index (χ3n) is 4.91. The first-order valence-corrected chi connectivity index (χ1v) is 8.90. The summed E-state index contributed by atoms with van der Waals surface area (Å²) in [6, 6.07) is 2.55. The second-order valence-corrected chi connectivity index (χ2v) is 7.12. The molecule has 1 saturated carbocycles. The van der Waals surface area contributed by atoms with E-state index in [4.69, 9.17) is 4.74 Å². The summed E-state index contributed by atoms with van der Waals surface area (Å²) < 4.78 is 6.94. The van der Waals surface area contributed by atoms with Gasteiger partial charge in [0.2, 0.25) is 0 Å². The summed E-state index contributed by atoms with van der Waals surface area (Å²) in [6.45, 7) is 4.33. The van der Waals surface area contributed by atoms with Gasteiger partial charge in [-0.15, -0.1) is 0 Å². The average Bonchev–Trinajstić information content (AvgIpc) is 2.74. The average molecular weight is 354 g/mol. The van der Waals surface area contributed by atoms with Crippen molar-refractivity contribution in [2.45, 2.75) is 58.4 Å². The highest BCUT2D eigenvalue weighted by Gasteiger charge is 2.28. The van der Waals surface area contributed by atoms with Crippen LogP contribution in [0.4, 0.5) is 0 Å². The molecule has 1 aliphatic rings. The number of hydrogen-bond acceptors (Lipinski definition) is 2. The van der Waals surface area contributed by atoms with Gasteiger partial charge in [0.15, 0.2) is 0 Å². The monoisotopic (exact) mass is 353 g/mol. The van der Waals surface area contributed by atoms with Crippen molar-refractivity contribution in [2.75, 3.05) is 14.2 Å². The van der Waals surface area contributed by atoms with Gasteiger partial charge < -0.3 is 10.1 Å². The molecular formula is C18H28BrNO. The molecule has 0 bridgehead atoms. The minimum atomic E-state index is 0.384. The lowest BCUT2D eigenvalue weighted by Crippen LogP contribution is -2.26. The van der Waals surface area contributed by atoms with Crippen LogP contribution in [0.5, 0.6) is 5.75 Å². The molecule has 0 radical (unpaired) electrons. The van der Waals surface area contributed by atoms with Crippen LogP contribution in [0.25, 0.3) is 0 Å². The number of benzene rings is 1. The summed E-state index contributed by atoms with van der Waals surface area (Å²) in [5.74, 6) is 1.76. The van der Waals surface area contributed by atoms with Crippen molar-refractivity contribution in [1.82, 2.24) is 5.32 Å². The van der Waals surface area contributed by atoms with Crippen LogP contribution in [0.1, 0.15) is 61.3 Å². The van der Waals surface area contributed by atoms with Gasteiger partial charge in [-0.3, -0.25) is 0 Å². The topological polar surface area (TPSA) is 21.3 Å². The fourth-order valence-electron chi connectivity index (χ4n) is 3.78. The highest BCUT2D eigenvalue weighted by atomic mass is 79.9. The lowest BCUT2D eigenvalue weighted by Gasteiger charge is -2.30.